The molecular formula is C14H11ClN2OS. The van der Waals surface area contributed by atoms with Crippen molar-refractivity contribution in [3.05, 3.63) is 57.3 Å². The first-order valence-electron chi connectivity index (χ1n) is 5.83. The number of nitrogens with zero attached hydrogens (tertiary/aromatic N) is 2. The van der Waals surface area contributed by atoms with E-state index in [0.717, 1.165) is 38.7 Å². The average molecular weight is 291 g/mol. The molecule has 0 aliphatic heterocycles. The standard InChI is InChI=1S/C14H11ClN2OS/c1-9-2-3-10(5-13(9)15)4-12-7-17-11(8-18)6-16-14(17)19-12/h2-3,5-8H,4H2,1H3. The summed E-state index contributed by atoms with van der Waals surface area (Å²) in [5, 5.41) is 0.785. The van der Waals surface area contributed by atoms with Gasteiger partial charge in [0.05, 0.1) is 6.20 Å². The normalized spacial score (nSPS) is 11.1. The first-order valence-corrected chi connectivity index (χ1v) is 7.03. The van der Waals surface area contributed by atoms with E-state index in [-0.39, 0.29) is 0 Å². The Morgan fingerprint density at radius 3 is 3.05 bits per heavy atom. The van der Waals surface area contributed by atoms with E-state index in [9.17, 15) is 4.79 Å². The van der Waals surface area contributed by atoms with Crippen LogP contribution in [0.15, 0.2) is 30.6 Å². The molecule has 0 aliphatic rings. The van der Waals surface area contributed by atoms with Crippen molar-refractivity contribution in [3.8, 4) is 0 Å². The molecule has 96 valence electrons. The highest BCUT2D eigenvalue weighted by molar-refractivity contribution is 7.17. The van der Waals surface area contributed by atoms with Crippen molar-refractivity contribution in [3.63, 3.8) is 0 Å². The Balaban J connectivity index is 1.94. The van der Waals surface area contributed by atoms with Crippen LogP contribution in [0, 0.1) is 6.92 Å². The fourth-order valence-electron chi connectivity index (χ4n) is 1.97. The maximum Gasteiger partial charge on any atom is 0.194 e. The highest BCUT2D eigenvalue weighted by Crippen LogP contribution is 2.23. The second kappa shape index (κ2) is 4.79. The van der Waals surface area contributed by atoms with Crippen LogP contribution in [0.2, 0.25) is 5.02 Å². The topological polar surface area (TPSA) is 34.4 Å². The zero-order chi connectivity index (χ0) is 13.4. The van der Waals surface area contributed by atoms with Gasteiger partial charge in [0.1, 0.15) is 5.69 Å². The molecule has 0 atom stereocenters. The first-order chi connectivity index (χ1) is 9.17. The summed E-state index contributed by atoms with van der Waals surface area (Å²) in [4.78, 5) is 17.1. The minimum atomic E-state index is 0.583. The van der Waals surface area contributed by atoms with Crippen LogP contribution in [0.1, 0.15) is 26.5 Å². The van der Waals surface area contributed by atoms with E-state index in [4.69, 9.17) is 11.6 Å². The SMILES string of the molecule is Cc1ccc(Cc2cn3c(C=O)cnc3s2)cc1Cl. The number of carbonyl (C=O) groups excluding carboxylic acids is 1. The molecular weight excluding hydrogens is 280 g/mol. The number of hydrogen-bond acceptors (Lipinski definition) is 3. The van der Waals surface area contributed by atoms with Gasteiger partial charge in [-0.25, -0.2) is 4.98 Å². The van der Waals surface area contributed by atoms with Crippen LogP contribution in [0.4, 0.5) is 0 Å². The third kappa shape index (κ3) is 2.29. The van der Waals surface area contributed by atoms with E-state index in [2.05, 4.69) is 11.1 Å². The van der Waals surface area contributed by atoms with Crippen molar-refractivity contribution in [1.29, 1.82) is 0 Å². The van der Waals surface area contributed by atoms with Gasteiger partial charge in [0.2, 0.25) is 0 Å². The molecule has 1 aromatic carbocycles. The molecule has 0 saturated carbocycles. The van der Waals surface area contributed by atoms with Crippen LogP contribution < -0.4 is 0 Å². The lowest BCUT2D eigenvalue weighted by atomic mass is 10.1. The van der Waals surface area contributed by atoms with E-state index in [0.29, 0.717) is 5.69 Å². The number of benzene rings is 1. The number of aromatic nitrogens is 2. The second-order valence-electron chi connectivity index (χ2n) is 4.41. The number of hydrogen-bond donors (Lipinski definition) is 0. The van der Waals surface area contributed by atoms with Crippen LogP contribution in [0.25, 0.3) is 4.96 Å². The monoisotopic (exact) mass is 290 g/mol. The lowest BCUT2D eigenvalue weighted by molar-refractivity contribution is 0.111. The van der Waals surface area contributed by atoms with Crippen molar-refractivity contribution < 1.29 is 4.79 Å². The van der Waals surface area contributed by atoms with Gasteiger partial charge in [-0.3, -0.25) is 9.20 Å². The quantitative estimate of drug-likeness (QED) is 0.688. The number of imidazole rings is 1. The van der Waals surface area contributed by atoms with E-state index < -0.39 is 0 Å². The number of aryl methyl sites for hydroxylation is 1. The number of thiazole rings is 1. The average Bonchev–Trinajstić information content (AvgIpc) is 2.93. The number of aldehydes is 1. The molecule has 0 bridgehead atoms. The Kier molecular flexibility index (Phi) is 3.12. The molecule has 2 heterocycles. The van der Waals surface area contributed by atoms with Gasteiger partial charge in [-0.1, -0.05) is 23.7 Å². The van der Waals surface area contributed by atoms with Gasteiger partial charge >= 0.3 is 0 Å². The fraction of sp³-hybridized carbons (Fsp3) is 0.143. The minimum Gasteiger partial charge on any atom is -0.296 e. The lowest BCUT2D eigenvalue weighted by Crippen LogP contribution is -1.88. The predicted octanol–water partition coefficient (Wildman–Crippen LogP) is 3.76. The zero-order valence-corrected chi connectivity index (χ0v) is 11.8. The Morgan fingerprint density at radius 2 is 2.32 bits per heavy atom. The van der Waals surface area contributed by atoms with Crippen molar-refractivity contribution in [1.82, 2.24) is 9.38 Å². The third-order valence-corrected chi connectivity index (χ3v) is 4.43. The maximum atomic E-state index is 10.9. The van der Waals surface area contributed by atoms with Crippen LogP contribution in [0.3, 0.4) is 0 Å². The number of halogens is 1. The zero-order valence-electron chi connectivity index (χ0n) is 10.3. The molecule has 0 unspecified atom stereocenters. The summed E-state index contributed by atoms with van der Waals surface area (Å²) in [6.07, 6.45) is 5.17. The van der Waals surface area contributed by atoms with Gasteiger partial charge in [0, 0.05) is 22.5 Å². The molecule has 19 heavy (non-hydrogen) atoms. The summed E-state index contributed by atoms with van der Waals surface area (Å²) in [6.45, 7) is 1.99. The summed E-state index contributed by atoms with van der Waals surface area (Å²) in [6, 6.07) is 6.08. The maximum absolute atomic E-state index is 10.9. The molecule has 3 rings (SSSR count). The molecule has 0 fully saturated rings. The van der Waals surface area contributed by atoms with Crippen LogP contribution in [-0.4, -0.2) is 15.7 Å². The Morgan fingerprint density at radius 1 is 1.47 bits per heavy atom. The largest absolute Gasteiger partial charge is 0.296 e. The van der Waals surface area contributed by atoms with Gasteiger partial charge in [-0.05, 0) is 24.1 Å². The van der Waals surface area contributed by atoms with Crippen LogP contribution >= 0.6 is 22.9 Å². The first kappa shape index (κ1) is 12.4. The van der Waals surface area contributed by atoms with Crippen LogP contribution in [-0.2, 0) is 6.42 Å². The third-order valence-electron chi connectivity index (χ3n) is 3.02. The van der Waals surface area contributed by atoms with E-state index in [1.54, 1.807) is 17.5 Å². The summed E-state index contributed by atoms with van der Waals surface area (Å²) >= 11 is 7.71. The van der Waals surface area contributed by atoms with Gasteiger partial charge < -0.3 is 0 Å². The van der Waals surface area contributed by atoms with Crippen molar-refractivity contribution >= 4 is 34.2 Å². The molecule has 0 radical (unpaired) electrons. The Labute approximate surface area is 119 Å². The number of fused-ring (bicyclic) bond motifs is 1. The van der Waals surface area contributed by atoms with Crippen molar-refractivity contribution in [2.75, 3.05) is 0 Å². The summed E-state index contributed by atoms with van der Waals surface area (Å²) in [7, 11) is 0. The highest BCUT2D eigenvalue weighted by Gasteiger charge is 2.08. The molecule has 3 aromatic rings. The Bertz CT molecular complexity index is 760. The minimum absolute atomic E-state index is 0.583. The highest BCUT2D eigenvalue weighted by atomic mass is 35.5. The Hall–Kier alpha value is -1.65. The lowest BCUT2D eigenvalue weighted by Gasteiger charge is -2.02. The molecule has 5 heteroatoms. The summed E-state index contributed by atoms with van der Waals surface area (Å²) in [5.74, 6) is 0. The van der Waals surface area contributed by atoms with Gasteiger partial charge in [-0.15, -0.1) is 11.3 Å². The van der Waals surface area contributed by atoms with Gasteiger partial charge in [0.25, 0.3) is 0 Å². The number of rotatable bonds is 3. The van der Waals surface area contributed by atoms with Gasteiger partial charge in [-0.2, -0.15) is 0 Å². The van der Waals surface area contributed by atoms with Gasteiger partial charge in [0.15, 0.2) is 11.2 Å². The van der Waals surface area contributed by atoms with E-state index >= 15 is 0 Å². The second-order valence-corrected chi connectivity index (χ2v) is 5.91. The molecule has 0 amide bonds. The van der Waals surface area contributed by atoms with Crippen LogP contribution in [0.5, 0.6) is 0 Å². The van der Waals surface area contributed by atoms with Crippen molar-refractivity contribution in [2.24, 2.45) is 0 Å². The molecule has 0 aliphatic carbocycles. The predicted molar refractivity (Wildman–Crippen MR) is 77.5 cm³/mol. The number of carbonyl (C=O) groups is 1. The van der Waals surface area contributed by atoms with E-state index in [1.807, 2.05) is 29.7 Å². The molecule has 0 saturated heterocycles. The molecule has 2 aromatic heterocycles. The van der Waals surface area contributed by atoms with Crippen molar-refractivity contribution in [2.45, 2.75) is 13.3 Å². The molecule has 0 N–H and O–H groups in total. The molecule has 3 nitrogen and oxygen atoms in total. The van der Waals surface area contributed by atoms with E-state index in [1.165, 1.54) is 0 Å². The summed E-state index contributed by atoms with van der Waals surface area (Å²) < 4.78 is 1.82. The summed E-state index contributed by atoms with van der Waals surface area (Å²) in [5.41, 5.74) is 2.82. The molecule has 0 spiro atoms. The fourth-order valence-corrected chi connectivity index (χ4v) is 3.16. The smallest absolute Gasteiger partial charge is 0.194 e.